The van der Waals surface area contributed by atoms with Crippen molar-refractivity contribution in [3.05, 3.63) is 66.1 Å². The van der Waals surface area contributed by atoms with Gasteiger partial charge < -0.3 is 0 Å². The first-order valence-electron chi connectivity index (χ1n) is 7.73. The number of amides is 2. The van der Waals surface area contributed by atoms with Gasteiger partial charge in [0.2, 0.25) is 5.24 Å². The van der Waals surface area contributed by atoms with E-state index in [9.17, 15) is 14.0 Å². The van der Waals surface area contributed by atoms with Crippen LogP contribution >= 0.6 is 11.6 Å². The van der Waals surface area contributed by atoms with E-state index in [1.165, 1.54) is 17.0 Å². The molecular formula is C19H17ClFN2O2+. The van der Waals surface area contributed by atoms with E-state index in [1.807, 2.05) is 24.3 Å². The minimum Gasteiger partial charge on any atom is -0.297 e. The van der Waals surface area contributed by atoms with Gasteiger partial charge in [0.1, 0.15) is 12.0 Å². The van der Waals surface area contributed by atoms with Gasteiger partial charge in [0, 0.05) is 43.4 Å². The number of para-hydroxylation sites is 1. The summed E-state index contributed by atoms with van der Waals surface area (Å²) in [5, 5.41) is -0.502. The fourth-order valence-electron chi connectivity index (χ4n) is 3.19. The minimum absolute atomic E-state index is 0.0144. The maximum Gasteiger partial charge on any atom is 0.433 e. The summed E-state index contributed by atoms with van der Waals surface area (Å²) in [5.41, 5.74) is 2.76. The maximum atomic E-state index is 13.4. The van der Waals surface area contributed by atoms with E-state index in [1.54, 1.807) is 32.4 Å². The van der Waals surface area contributed by atoms with Gasteiger partial charge >= 0.3 is 6.03 Å². The van der Waals surface area contributed by atoms with Gasteiger partial charge in [-0.25, -0.2) is 9.18 Å². The molecule has 0 saturated carbocycles. The summed E-state index contributed by atoms with van der Waals surface area (Å²) in [6, 6.07) is 12.9. The van der Waals surface area contributed by atoms with Crippen molar-refractivity contribution in [1.82, 2.24) is 9.38 Å². The summed E-state index contributed by atoms with van der Waals surface area (Å²) in [7, 11) is 3.32. The lowest BCUT2D eigenvalue weighted by atomic mass is 10.0. The number of halogens is 2. The van der Waals surface area contributed by atoms with Crippen LogP contribution in [0.25, 0.3) is 5.57 Å². The molecule has 6 heteroatoms. The van der Waals surface area contributed by atoms with E-state index < -0.39 is 5.24 Å². The first-order valence-corrected chi connectivity index (χ1v) is 8.11. The SMILES string of the molecule is CN(C)C(=O)[N+]1(c2ccc(F)cc2)C=C(CC(=O)Cl)c2ccccc21. The monoisotopic (exact) mass is 359 g/mol. The number of nitrogens with zero attached hydrogens (tertiary/aromatic N) is 2. The molecule has 1 aliphatic rings. The second kappa shape index (κ2) is 6.43. The highest BCUT2D eigenvalue weighted by atomic mass is 35.5. The molecule has 2 amide bonds. The highest BCUT2D eigenvalue weighted by Crippen LogP contribution is 2.48. The Morgan fingerprint density at radius 2 is 1.72 bits per heavy atom. The summed E-state index contributed by atoms with van der Waals surface area (Å²) < 4.78 is 13.2. The van der Waals surface area contributed by atoms with E-state index in [0.717, 1.165) is 5.56 Å². The lowest BCUT2D eigenvalue weighted by Gasteiger charge is -2.31. The van der Waals surface area contributed by atoms with Crippen molar-refractivity contribution in [2.45, 2.75) is 6.42 Å². The van der Waals surface area contributed by atoms with Gasteiger partial charge in [0.15, 0.2) is 11.4 Å². The van der Waals surface area contributed by atoms with E-state index in [-0.39, 0.29) is 22.8 Å². The van der Waals surface area contributed by atoms with Gasteiger partial charge in [-0.1, -0.05) is 12.1 Å². The number of hydrogen-bond donors (Lipinski definition) is 0. The quantitative estimate of drug-likeness (QED) is 0.590. The Hall–Kier alpha value is -2.50. The first-order chi connectivity index (χ1) is 11.9. The molecule has 0 spiro atoms. The zero-order valence-corrected chi connectivity index (χ0v) is 14.6. The number of benzene rings is 2. The van der Waals surface area contributed by atoms with Crippen LogP contribution in [0, 0.1) is 5.82 Å². The molecule has 0 radical (unpaired) electrons. The zero-order chi connectivity index (χ0) is 18.2. The fourth-order valence-corrected chi connectivity index (χ4v) is 3.33. The fraction of sp³-hybridized carbons (Fsp3) is 0.158. The number of quaternary nitrogens is 1. The van der Waals surface area contributed by atoms with Gasteiger partial charge in [-0.2, -0.15) is 0 Å². The van der Waals surface area contributed by atoms with Crippen molar-refractivity contribution >= 4 is 39.8 Å². The molecule has 0 saturated heterocycles. The standard InChI is InChI=1S/C19H17ClFN2O2/c1-22(2)19(25)23(15-9-7-14(21)8-10-15)12-13(11-18(20)24)16-5-3-4-6-17(16)23/h3-10,12H,11H2,1-2H3/q+1. The van der Waals surface area contributed by atoms with Crippen LogP contribution in [0.4, 0.5) is 20.6 Å². The second-order valence-electron chi connectivity index (χ2n) is 6.08. The van der Waals surface area contributed by atoms with E-state index in [0.29, 0.717) is 16.9 Å². The smallest absolute Gasteiger partial charge is 0.297 e. The van der Waals surface area contributed by atoms with E-state index in [4.69, 9.17) is 11.6 Å². The van der Waals surface area contributed by atoms with E-state index >= 15 is 0 Å². The summed E-state index contributed by atoms with van der Waals surface area (Å²) >= 11 is 5.59. The van der Waals surface area contributed by atoms with Gasteiger partial charge in [0.05, 0.1) is 6.42 Å². The second-order valence-corrected chi connectivity index (χ2v) is 6.50. The van der Waals surface area contributed by atoms with Crippen molar-refractivity contribution in [2.75, 3.05) is 14.1 Å². The van der Waals surface area contributed by atoms with Crippen LogP contribution in [0.15, 0.2) is 54.7 Å². The molecule has 1 atom stereocenters. The van der Waals surface area contributed by atoms with Crippen molar-refractivity contribution in [3.8, 4) is 0 Å². The molecule has 2 aromatic rings. The van der Waals surface area contributed by atoms with Gasteiger partial charge in [-0.15, -0.1) is 4.48 Å². The van der Waals surface area contributed by atoms with Crippen LogP contribution in [0.5, 0.6) is 0 Å². The molecule has 0 aromatic heterocycles. The average Bonchev–Trinajstić information content (AvgIpc) is 2.90. The summed E-state index contributed by atoms with van der Waals surface area (Å²) in [5.74, 6) is -0.383. The zero-order valence-electron chi connectivity index (χ0n) is 13.9. The summed E-state index contributed by atoms with van der Waals surface area (Å²) in [6.45, 7) is 0. The number of fused-ring (bicyclic) bond motifs is 1. The highest BCUT2D eigenvalue weighted by molar-refractivity contribution is 6.64. The van der Waals surface area contributed by atoms with Crippen LogP contribution < -0.4 is 4.48 Å². The normalized spacial score (nSPS) is 18.5. The maximum absolute atomic E-state index is 13.4. The van der Waals surface area contributed by atoms with E-state index in [2.05, 4.69) is 0 Å². The minimum atomic E-state index is -0.502. The van der Waals surface area contributed by atoms with Crippen molar-refractivity contribution in [3.63, 3.8) is 0 Å². The predicted molar refractivity (Wildman–Crippen MR) is 96.8 cm³/mol. The molecule has 3 rings (SSSR count). The third-order valence-corrected chi connectivity index (χ3v) is 4.36. The Morgan fingerprint density at radius 3 is 2.32 bits per heavy atom. The number of carbonyl (C=O) groups excluding carboxylic acids is 2. The summed E-state index contributed by atoms with van der Waals surface area (Å²) in [6.07, 6.45) is 1.74. The van der Waals surface area contributed by atoms with Crippen molar-refractivity contribution < 1.29 is 14.0 Å². The average molecular weight is 360 g/mol. The van der Waals surface area contributed by atoms with Crippen molar-refractivity contribution in [2.24, 2.45) is 0 Å². The molecule has 0 N–H and O–H groups in total. The largest absolute Gasteiger partial charge is 0.433 e. The number of allylic oxidation sites excluding steroid dienone is 1. The lowest BCUT2D eigenvalue weighted by molar-refractivity contribution is -0.110. The Balaban J connectivity index is 2.31. The topological polar surface area (TPSA) is 37.4 Å². The van der Waals surface area contributed by atoms with Crippen LogP contribution in [0.3, 0.4) is 0 Å². The Morgan fingerprint density at radius 1 is 1.08 bits per heavy atom. The first kappa shape index (κ1) is 17.3. The Labute approximate surface area is 150 Å². The molecule has 25 heavy (non-hydrogen) atoms. The molecule has 1 heterocycles. The van der Waals surface area contributed by atoms with Crippen LogP contribution in [-0.4, -0.2) is 30.3 Å². The van der Waals surface area contributed by atoms with Crippen LogP contribution in [0.2, 0.25) is 0 Å². The van der Waals surface area contributed by atoms with Gasteiger partial charge in [-0.05, 0) is 29.8 Å². The highest BCUT2D eigenvalue weighted by Gasteiger charge is 2.48. The number of hydrogen-bond acceptors (Lipinski definition) is 2. The number of rotatable bonds is 3. The molecule has 0 aliphatic carbocycles. The third kappa shape index (κ3) is 2.86. The molecule has 0 bridgehead atoms. The molecule has 0 fully saturated rings. The summed E-state index contributed by atoms with van der Waals surface area (Å²) in [4.78, 5) is 26.1. The molecular weight excluding hydrogens is 343 g/mol. The Kier molecular flexibility index (Phi) is 4.45. The number of urea groups is 1. The van der Waals surface area contributed by atoms with Crippen LogP contribution in [0.1, 0.15) is 12.0 Å². The van der Waals surface area contributed by atoms with Crippen LogP contribution in [-0.2, 0) is 4.79 Å². The predicted octanol–water partition coefficient (Wildman–Crippen LogP) is 4.66. The molecule has 4 nitrogen and oxygen atoms in total. The molecule has 128 valence electrons. The van der Waals surface area contributed by atoms with Gasteiger partial charge in [0.25, 0.3) is 0 Å². The third-order valence-electron chi connectivity index (χ3n) is 4.23. The van der Waals surface area contributed by atoms with Gasteiger partial charge in [-0.3, -0.25) is 9.69 Å². The molecule has 1 aliphatic heterocycles. The molecule has 2 aromatic carbocycles. The molecule has 1 unspecified atom stereocenters. The Bertz CT molecular complexity index is 877. The number of carbonyl (C=O) groups is 2. The lowest BCUT2D eigenvalue weighted by Crippen LogP contribution is -2.49. The van der Waals surface area contributed by atoms with Crippen molar-refractivity contribution in [1.29, 1.82) is 0 Å².